The number of benzene rings is 1. The number of carbonyl (C=O) groups is 1. The minimum Gasteiger partial charge on any atom is -0.392 e. The van der Waals surface area contributed by atoms with E-state index < -0.39 is 0 Å². The van der Waals surface area contributed by atoms with Gasteiger partial charge in [0.15, 0.2) is 0 Å². The number of anilines is 1. The standard InChI is InChI=1S/C15H17N3O2/c1-11-13(9-16-18(11)2)6-7-15(20)17-14-5-3-4-12(8-14)10-19/h3-9,19H,10H2,1-2H3,(H,17,20)/b7-6+. The highest BCUT2D eigenvalue weighted by Crippen LogP contribution is 2.11. The summed E-state index contributed by atoms with van der Waals surface area (Å²) < 4.78 is 1.75. The normalized spacial score (nSPS) is 10.9. The number of rotatable bonds is 4. The van der Waals surface area contributed by atoms with Crippen molar-refractivity contribution in [3.05, 3.63) is 53.4 Å². The minimum absolute atomic E-state index is 0.0472. The molecule has 1 amide bonds. The van der Waals surface area contributed by atoms with Crippen molar-refractivity contribution in [2.45, 2.75) is 13.5 Å². The average Bonchev–Trinajstić information content (AvgIpc) is 2.77. The molecule has 1 aromatic heterocycles. The van der Waals surface area contributed by atoms with Gasteiger partial charge in [-0.25, -0.2) is 0 Å². The SMILES string of the molecule is Cc1c(/C=C/C(=O)Nc2cccc(CO)c2)cnn1C. The van der Waals surface area contributed by atoms with Gasteiger partial charge in [-0.1, -0.05) is 12.1 Å². The number of nitrogens with zero attached hydrogens (tertiary/aromatic N) is 2. The molecule has 0 bridgehead atoms. The molecule has 0 aliphatic heterocycles. The fourth-order valence-electron chi connectivity index (χ4n) is 1.78. The summed E-state index contributed by atoms with van der Waals surface area (Å²) in [6.07, 6.45) is 4.91. The summed E-state index contributed by atoms with van der Waals surface area (Å²) in [4.78, 5) is 11.8. The lowest BCUT2D eigenvalue weighted by Crippen LogP contribution is -2.07. The van der Waals surface area contributed by atoms with E-state index in [4.69, 9.17) is 5.11 Å². The Morgan fingerprint density at radius 3 is 2.95 bits per heavy atom. The number of amides is 1. The molecule has 104 valence electrons. The number of aliphatic hydroxyl groups excluding tert-OH is 1. The number of aliphatic hydroxyl groups is 1. The van der Waals surface area contributed by atoms with Crippen LogP contribution in [-0.2, 0) is 18.4 Å². The van der Waals surface area contributed by atoms with Crippen LogP contribution in [0, 0.1) is 6.92 Å². The number of hydrogen-bond acceptors (Lipinski definition) is 3. The van der Waals surface area contributed by atoms with Crippen LogP contribution in [0.5, 0.6) is 0 Å². The minimum atomic E-state index is -0.219. The van der Waals surface area contributed by atoms with Crippen molar-refractivity contribution < 1.29 is 9.90 Å². The highest BCUT2D eigenvalue weighted by molar-refractivity contribution is 6.02. The Morgan fingerprint density at radius 2 is 2.30 bits per heavy atom. The molecule has 0 aliphatic rings. The second-order valence-corrected chi connectivity index (χ2v) is 4.49. The van der Waals surface area contributed by atoms with Gasteiger partial charge in [-0.15, -0.1) is 0 Å². The van der Waals surface area contributed by atoms with E-state index in [0.29, 0.717) is 5.69 Å². The first kappa shape index (κ1) is 14.0. The zero-order valence-corrected chi connectivity index (χ0v) is 11.5. The molecule has 0 fully saturated rings. The number of aryl methyl sites for hydroxylation is 1. The van der Waals surface area contributed by atoms with Gasteiger partial charge in [-0.05, 0) is 30.7 Å². The lowest BCUT2D eigenvalue weighted by atomic mass is 10.2. The van der Waals surface area contributed by atoms with Crippen LogP contribution in [0.4, 0.5) is 5.69 Å². The van der Waals surface area contributed by atoms with Crippen molar-refractivity contribution in [2.75, 3.05) is 5.32 Å². The van der Waals surface area contributed by atoms with Gasteiger partial charge in [0.05, 0.1) is 12.8 Å². The lowest BCUT2D eigenvalue weighted by molar-refractivity contribution is -0.111. The Balaban J connectivity index is 2.03. The molecule has 0 spiro atoms. The van der Waals surface area contributed by atoms with E-state index in [-0.39, 0.29) is 12.5 Å². The molecule has 2 N–H and O–H groups in total. The second kappa shape index (κ2) is 6.16. The van der Waals surface area contributed by atoms with Gasteiger partial charge < -0.3 is 10.4 Å². The first-order valence-corrected chi connectivity index (χ1v) is 6.27. The number of hydrogen-bond donors (Lipinski definition) is 2. The maximum Gasteiger partial charge on any atom is 0.248 e. The average molecular weight is 271 g/mol. The van der Waals surface area contributed by atoms with Crippen molar-refractivity contribution in [1.82, 2.24) is 9.78 Å². The van der Waals surface area contributed by atoms with Gasteiger partial charge in [0, 0.05) is 30.1 Å². The van der Waals surface area contributed by atoms with Crippen LogP contribution < -0.4 is 5.32 Å². The van der Waals surface area contributed by atoms with Gasteiger partial charge in [0.25, 0.3) is 0 Å². The smallest absolute Gasteiger partial charge is 0.248 e. The summed E-state index contributed by atoms with van der Waals surface area (Å²) in [5.74, 6) is -0.219. The summed E-state index contributed by atoms with van der Waals surface area (Å²) >= 11 is 0. The van der Waals surface area contributed by atoms with Gasteiger partial charge in [0.1, 0.15) is 0 Å². The number of carbonyl (C=O) groups excluding carboxylic acids is 1. The van der Waals surface area contributed by atoms with Gasteiger partial charge >= 0.3 is 0 Å². The summed E-state index contributed by atoms with van der Waals surface area (Å²) in [5.41, 5.74) is 3.33. The Kier molecular flexibility index (Phi) is 4.32. The topological polar surface area (TPSA) is 67.2 Å². The van der Waals surface area contributed by atoms with Crippen LogP contribution in [-0.4, -0.2) is 20.8 Å². The van der Waals surface area contributed by atoms with E-state index in [1.807, 2.05) is 14.0 Å². The van der Waals surface area contributed by atoms with Gasteiger partial charge in [0.2, 0.25) is 5.91 Å². The van der Waals surface area contributed by atoms with Crippen molar-refractivity contribution in [3.63, 3.8) is 0 Å². The van der Waals surface area contributed by atoms with E-state index in [2.05, 4.69) is 10.4 Å². The lowest BCUT2D eigenvalue weighted by Gasteiger charge is -2.03. The third-order valence-corrected chi connectivity index (χ3v) is 3.06. The fraction of sp³-hybridized carbons (Fsp3) is 0.200. The maximum absolute atomic E-state index is 11.8. The molecule has 0 unspecified atom stereocenters. The third kappa shape index (κ3) is 3.33. The molecule has 0 saturated carbocycles. The molecule has 1 aromatic carbocycles. The van der Waals surface area contributed by atoms with Gasteiger partial charge in [-0.3, -0.25) is 9.48 Å². The molecule has 2 aromatic rings. The van der Waals surface area contributed by atoms with Crippen LogP contribution in [0.15, 0.2) is 36.5 Å². The summed E-state index contributed by atoms with van der Waals surface area (Å²) in [5, 5.41) is 15.9. The first-order chi connectivity index (χ1) is 9.60. The molecule has 2 rings (SSSR count). The molecule has 0 aliphatic carbocycles. The molecule has 0 atom stereocenters. The fourth-order valence-corrected chi connectivity index (χ4v) is 1.78. The molecule has 0 radical (unpaired) electrons. The van der Waals surface area contributed by atoms with Crippen molar-refractivity contribution in [2.24, 2.45) is 7.05 Å². The summed E-state index contributed by atoms with van der Waals surface area (Å²) in [6, 6.07) is 7.10. The van der Waals surface area contributed by atoms with Crippen LogP contribution in [0.2, 0.25) is 0 Å². The highest BCUT2D eigenvalue weighted by atomic mass is 16.3. The number of nitrogens with one attached hydrogen (secondary N) is 1. The Bertz CT molecular complexity index is 644. The van der Waals surface area contributed by atoms with Crippen molar-refractivity contribution in [3.8, 4) is 0 Å². The highest BCUT2D eigenvalue weighted by Gasteiger charge is 2.02. The Hall–Kier alpha value is -2.40. The van der Waals surface area contributed by atoms with E-state index >= 15 is 0 Å². The number of aromatic nitrogens is 2. The quantitative estimate of drug-likeness (QED) is 0.834. The second-order valence-electron chi connectivity index (χ2n) is 4.49. The molecular weight excluding hydrogens is 254 g/mol. The maximum atomic E-state index is 11.8. The first-order valence-electron chi connectivity index (χ1n) is 6.27. The van der Waals surface area contributed by atoms with E-state index in [9.17, 15) is 4.79 Å². The van der Waals surface area contributed by atoms with E-state index in [1.54, 1.807) is 41.2 Å². The van der Waals surface area contributed by atoms with E-state index in [0.717, 1.165) is 16.8 Å². The Morgan fingerprint density at radius 1 is 1.50 bits per heavy atom. The van der Waals surface area contributed by atoms with Crippen LogP contribution in [0.3, 0.4) is 0 Å². The Labute approximate surface area is 117 Å². The zero-order chi connectivity index (χ0) is 14.5. The predicted octanol–water partition coefficient (Wildman–Crippen LogP) is 1.87. The molecule has 5 heteroatoms. The summed E-state index contributed by atoms with van der Waals surface area (Å²) in [6.45, 7) is 1.89. The molecule has 20 heavy (non-hydrogen) atoms. The summed E-state index contributed by atoms with van der Waals surface area (Å²) in [7, 11) is 1.85. The molecular formula is C15H17N3O2. The molecule has 0 saturated heterocycles. The van der Waals surface area contributed by atoms with Crippen molar-refractivity contribution in [1.29, 1.82) is 0 Å². The van der Waals surface area contributed by atoms with Crippen LogP contribution >= 0.6 is 0 Å². The van der Waals surface area contributed by atoms with E-state index in [1.165, 1.54) is 6.08 Å². The zero-order valence-electron chi connectivity index (χ0n) is 11.5. The predicted molar refractivity (Wildman–Crippen MR) is 78.0 cm³/mol. The molecule has 1 heterocycles. The largest absolute Gasteiger partial charge is 0.392 e. The van der Waals surface area contributed by atoms with Crippen molar-refractivity contribution >= 4 is 17.7 Å². The van der Waals surface area contributed by atoms with Crippen LogP contribution in [0.25, 0.3) is 6.08 Å². The van der Waals surface area contributed by atoms with Crippen LogP contribution in [0.1, 0.15) is 16.8 Å². The monoisotopic (exact) mass is 271 g/mol. The molecule has 5 nitrogen and oxygen atoms in total. The van der Waals surface area contributed by atoms with Gasteiger partial charge in [-0.2, -0.15) is 5.10 Å². The third-order valence-electron chi connectivity index (χ3n) is 3.06.